The highest BCUT2D eigenvalue weighted by Crippen LogP contribution is 2.06. The lowest BCUT2D eigenvalue weighted by atomic mass is 10.1. The molecule has 3 atom stereocenters. The molecule has 1 fully saturated rings. The second-order valence-electron chi connectivity index (χ2n) is 4.89. The summed E-state index contributed by atoms with van der Waals surface area (Å²) in [5.41, 5.74) is 0. The molecule has 1 saturated heterocycles. The van der Waals surface area contributed by atoms with Crippen molar-refractivity contribution < 1.29 is 29.4 Å². The third-order valence-electron chi connectivity index (χ3n) is 3.19. The Bertz CT molecular complexity index is 452. The summed E-state index contributed by atoms with van der Waals surface area (Å²) < 4.78 is 0. The predicted octanol–water partition coefficient (Wildman–Crippen LogP) is -1.80. The first-order chi connectivity index (χ1) is 10.3. The molecule has 10 heteroatoms. The van der Waals surface area contributed by atoms with E-state index >= 15 is 0 Å². The van der Waals surface area contributed by atoms with Gasteiger partial charge >= 0.3 is 11.9 Å². The molecule has 1 aliphatic rings. The van der Waals surface area contributed by atoms with Gasteiger partial charge in [-0.15, -0.1) is 0 Å². The minimum absolute atomic E-state index is 0.154. The van der Waals surface area contributed by atoms with Crippen molar-refractivity contribution in [3.63, 3.8) is 0 Å². The molecule has 3 unspecified atom stereocenters. The molecule has 1 aliphatic heterocycles. The number of carboxylic acids is 2. The Balaban J connectivity index is 2.69. The van der Waals surface area contributed by atoms with E-state index in [1.807, 2.05) is 0 Å². The quantitative estimate of drug-likeness (QED) is 0.287. The molecule has 0 aromatic rings. The van der Waals surface area contributed by atoms with Crippen LogP contribution in [-0.2, 0) is 19.2 Å². The molecule has 2 amide bonds. The van der Waals surface area contributed by atoms with Crippen LogP contribution in [0.1, 0.15) is 19.3 Å². The molecule has 0 aromatic carbocycles. The molecular weight excluding hydrogens is 314 g/mol. The van der Waals surface area contributed by atoms with Crippen molar-refractivity contribution in [2.75, 3.05) is 12.3 Å². The molecule has 9 nitrogen and oxygen atoms in total. The summed E-state index contributed by atoms with van der Waals surface area (Å²) in [6, 6.07) is -3.06. The van der Waals surface area contributed by atoms with Crippen LogP contribution in [0.3, 0.4) is 0 Å². The number of carboxylic acid groups (broad SMARTS) is 2. The van der Waals surface area contributed by atoms with Crippen molar-refractivity contribution in [3.05, 3.63) is 0 Å². The fourth-order valence-electron chi connectivity index (χ4n) is 2.02. The maximum atomic E-state index is 12.0. The van der Waals surface area contributed by atoms with Crippen molar-refractivity contribution in [1.82, 2.24) is 16.0 Å². The standard InChI is InChI=1S/C12H19N3O6S/c16-9(17)4-7(11(19)15-8(5-22)12(20)21)14-10(18)6-2-1-3-13-6/h6-8,13,22H,1-5H2,(H,14,18)(H,15,19)(H,16,17)(H,20,21). The highest BCUT2D eigenvalue weighted by atomic mass is 32.1. The number of carbonyl (C=O) groups is 4. The van der Waals surface area contributed by atoms with Crippen LogP contribution in [0.25, 0.3) is 0 Å². The van der Waals surface area contributed by atoms with Gasteiger partial charge in [0.05, 0.1) is 12.5 Å². The van der Waals surface area contributed by atoms with Gasteiger partial charge in [0.1, 0.15) is 12.1 Å². The van der Waals surface area contributed by atoms with Gasteiger partial charge in [-0.25, -0.2) is 4.79 Å². The van der Waals surface area contributed by atoms with E-state index in [1.54, 1.807) is 0 Å². The van der Waals surface area contributed by atoms with Crippen molar-refractivity contribution in [3.8, 4) is 0 Å². The summed E-state index contributed by atoms with van der Waals surface area (Å²) >= 11 is 3.80. The van der Waals surface area contributed by atoms with Gasteiger partial charge in [0.25, 0.3) is 0 Å². The van der Waals surface area contributed by atoms with Gasteiger partial charge in [-0.05, 0) is 19.4 Å². The zero-order valence-corrected chi connectivity index (χ0v) is 12.6. The first-order valence-corrected chi connectivity index (χ1v) is 7.38. The molecule has 1 rings (SSSR count). The number of hydrogen-bond donors (Lipinski definition) is 6. The van der Waals surface area contributed by atoms with Gasteiger partial charge in [0.15, 0.2) is 0 Å². The van der Waals surface area contributed by atoms with E-state index in [4.69, 9.17) is 10.2 Å². The van der Waals surface area contributed by atoms with Crippen molar-refractivity contribution in [1.29, 1.82) is 0 Å². The summed E-state index contributed by atoms with van der Waals surface area (Å²) in [6.07, 6.45) is 0.777. The topological polar surface area (TPSA) is 145 Å². The minimum Gasteiger partial charge on any atom is -0.481 e. The van der Waals surface area contributed by atoms with Crippen LogP contribution in [-0.4, -0.2) is 64.4 Å². The maximum absolute atomic E-state index is 12.0. The lowest BCUT2D eigenvalue weighted by Gasteiger charge is -2.21. The fourth-order valence-corrected chi connectivity index (χ4v) is 2.27. The number of nitrogens with one attached hydrogen (secondary N) is 3. The zero-order valence-electron chi connectivity index (χ0n) is 11.7. The van der Waals surface area contributed by atoms with Gasteiger partial charge in [-0.3, -0.25) is 14.4 Å². The molecule has 124 valence electrons. The molecular formula is C12H19N3O6S. The summed E-state index contributed by atoms with van der Waals surface area (Å²) in [4.78, 5) is 45.6. The fraction of sp³-hybridized carbons (Fsp3) is 0.667. The Hall–Kier alpha value is -1.81. The number of hydrogen-bond acceptors (Lipinski definition) is 6. The van der Waals surface area contributed by atoms with Crippen molar-refractivity contribution in [2.24, 2.45) is 0 Å². The van der Waals surface area contributed by atoms with Gasteiger partial charge < -0.3 is 26.2 Å². The van der Waals surface area contributed by atoms with Crippen LogP contribution in [0, 0.1) is 0 Å². The maximum Gasteiger partial charge on any atom is 0.327 e. The molecule has 0 spiro atoms. The molecule has 0 bridgehead atoms. The minimum atomic E-state index is -1.34. The van der Waals surface area contributed by atoms with Crippen molar-refractivity contribution in [2.45, 2.75) is 37.4 Å². The van der Waals surface area contributed by atoms with Gasteiger partial charge in [0, 0.05) is 5.75 Å². The smallest absolute Gasteiger partial charge is 0.327 e. The average Bonchev–Trinajstić information content (AvgIpc) is 2.96. The highest BCUT2D eigenvalue weighted by Gasteiger charge is 2.30. The van der Waals surface area contributed by atoms with E-state index in [2.05, 4.69) is 28.6 Å². The average molecular weight is 333 g/mol. The predicted molar refractivity (Wildman–Crippen MR) is 78.6 cm³/mol. The summed E-state index contributed by atoms with van der Waals surface area (Å²) in [6.45, 7) is 0.675. The first kappa shape index (κ1) is 18.2. The Kier molecular flexibility index (Phi) is 7.12. The number of carbonyl (C=O) groups excluding carboxylic acids is 2. The van der Waals surface area contributed by atoms with E-state index in [1.165, 1.54) is 0 Å². The molecule has 5 N–H and O–H groups in total. The molecule has 0 saturated carbocycles. The van der Waals surface area contributed by atoms with E-state index in [0.717, 1.165) is 6.42 Å². The second kappa shape index (κ2) is 8.59. The lowest BCUT2D eigenvalue weighted by Crippen LogP contribution is -2.55. The van der Waals surface area contributed by atoms with E-state index < -0.39 is 48.3 Å². The second-order valence-corrected chi connectivity index (χ2v) is 5.26. The third kappa shape index (κ3) is 5.53. The van der Waals surface area contributed by atoms with Crippen LogP contribution in [0.5, 0.6) is 0 Å². The highest BCUT2D eigenvalue weighted by molar-refractivity contribution is 7.80. The van der Waals surface area contributed by atoms with Crippen molar-refractivity contribution >= 4 is 36.4 Å². The van der Waals surface area contributed by atoms with Crippen LogP contribution in [0.2, 0.25) is 0 Å². The van der Waals surface area contributed by atoms with E-state index in [0.29, 0.717) is 13.0 Å². The number of thiol groups is 1. The SMILES string of the molecule is O=C(O)CC(NC(=O)C1CCCN1)C(=O)NC(CS)C(=O)O. The molecule has 0 aromatic heterocycles. The number of amides is 2. The van der Waals surface area contributed by atoms with E-state index in [9.17, 15) is 19.2 Å². The van der Waals surface area contributed by atoms with Gasteiger partial charge in [-0.1, -0.05) is 0 Å². The summed E-state index contributed by atoms with van der Waals surface area (Å²) in [7, 11) is 0. The molecule has 0 aliphatic carbocycles. The number of aliphatic carboxylic acids is 2. The van der Waals surface area contributed by atoms with Crippen LogP contribution in [0.4, 0.5) is 0 Å². The Labute approximate surface area is 132 Å². The largest absolute Gasteiger partial charge is 0.481 e. The summed E-state index contributed by atoms with van der Waals surface area (Å²) in [5.74, 6) is -4.07. The molecule has 0 radical (unpaired) electrons. The third-order valence-corrected chi connectivity index (χ3v) is 3.55. The monoisotopic (exact) mass is 333 g/mol. The number of rotatable bonds is 8. The molecule has 22 heavy (non-hydrogen) atoms. The van der Waals surface area contributed by atoms with Crippen LogP contribution >= 0.6 is 12.6 Å². The normalized spacial score (nSPS) is 20.0. The molecule has 1 heterocycles. The first-order valence-electron chi connectivity index (χ1n) is 6.74. The Morgan fingerprint density at radius 1 is 1.18 bits per heavy atom. The lowest BCUT2D eigenvalue weighted by molar-refractivity contribution is -0.143. The van der Waals surface area contributed by atoms with Gasteiger partial charge in [-0.2, -0.15) is 12.6 Å². The van der Waals surface area contributed by atoms with E-state index in [-0.39, 0.29) is 5.75 Å². The van der Waals surface area contributed by atoms with Crippen LogP contribution in [0.15, 0.2) is 0 Å². The Morgan fingerprint density at radius 2 is 1.86 bits per heavy atom. The van der Waals surface area contributed by atoms with Gasteiger partial charge in [0.2, 0.25) is 11.8 Å². The van der Waals surface area contributed by atoms with Crippen LogP contribution < -0.4 is 16.0 Å². The Morgan fingerprint density at radius 3 is 2.32 bits per heavy atom. The summed E-state index contributed by atoms with van der Waals surface area (Å²) in [5, 5.41) is 25.1. The zero-order chi connectivity index (χ0) is 16.7.